The Morgan fingerprint density at radius 2 is 1.81 bits per heavy atom. The van der Waals surface area contributed by atoms with Crippen LogP contribution in [0.15, 0.2) is 28.7 Å². The molecule has 84 valence electrons. The van der Waals surface area contributed by atoms with E-state index in [-0.39, 0.29) is 11.4 Å². The molecule has 0 aliphatic heterocycles. The quantitative estimate of drug-likeness (QED) is 0.797. The molecular formula is C12H15N3O. The van der Waals surface area contributed by atoms with Crippen LogP contribution in [-0.4, -0.2) is 10.2 Å². The van der Waals surface area contributed by atoms with E-state index >= 15 is 0 Å². The molecule has 1 heterocycles. The van der Waals surface area contributed by atoms with Gasteiger partial charge in [-0.15, -0.1) is 5.10 Å². The van der Waals surface area contributed by atoms with Crippen molar-refractivity contribution in [3.05, 3.63) is 29.8 Å². The molecule has 0 saturated heterocycles. The standard InChI is InChI=1S/C12H15N3O/c1-12(2,3)9-7-5-4-6-8(9)10-14-15-11(13)16-10/h4-7H,1-3H3,(H2,13,15). The number of hydrogen-bond donors (Lipinski definition) is 1. The number of nitrogens with zero attached hydrogens (tertiary/aromatic N) is 2. The van der Waals surface area contributed by atoms with Crippen LogP contribution in [0.25, 0.3) is 11.5 Å². The number of nitrogen functional groups attached to an aromatic ring is 1. The van der Waals surface area contributed by atoms with Crippen LogP contribution in [0.5, 0.6) is 0 Å². The molecule has 0 atom stereocenters. The molecule has 2 N–H and O–H groups in total. The van der Waals surface area contributed by atoms with E-state index in [0.29, 0.717) is 5.89 Å². The molecular weight excluding hydrogens is 202 g/mol. The molecule has 1 aromatic carbocycles. The second-order valence-electron chi connectivity index (χ2n) is 4.74. The minimum atomic E-state index is 0.0276. The second kappa shape index (κ2) is 3.63. The Kier molecular flexibility index (Phi) is 2.42. The Morgan fingerprint density at radius 3 is 2.38 bits per heavy atom. The lowest BCUT2D eigenvalue weighted by atomic mass is 9.84. The van der Waals surface area contributed by atoms with Crippen LogP contribution in [-0.2, 0) is 5.41 Å². The predicted octanol–water partition coefficient (Wildman–Crippen LogP) is 2.62. The Bertz CT molecular complexity index is 497. The van der Waals surface area contributed by atoms with Crippen LogP contribution in [0.1, 0.15) is 26.3 Å². The van der Waals surface area contributed by atoms with Gasteiger partial charge in [0.1, 0.15) is 0 Å². The molecule has 0 fully saturated rings. The van der Waals surface area contributed by atoms with Gasteiger partial charge in [0.15, 0.2) is 0 Å². The fourth-order valence-electron chi connectivity index (χ4n) is 1.67. The molecule has 0 saturated carbocycles. The highest BCUT2D eigenvalue weighted by atomic mass is 16.4. The molecule has 2 aromatic rings. The smallest absolute Gasteiger partial charge is 0.313 e. The summed E-state index contributed by atoms with van der Waals surface area (Å²) in [5.41, 5.74) is 7.57. The summed E-state index contributed by atoms with van der Waals surface area (Å²) in [6.45, 7) is 6.43. The zero-order chi connectivity index (χ0) is 11.8. The van der Waals surface area contributed by atoms with Gasteiger partial charge in [-0.3, -0.25) is 0 Å². The van der Waals surface area contributed by atoms with Gasteiger partial charge in [0.25, 0.3) is 0 Å². The van der Waals surface area contributed by atoms with Gasteiger partial charge in [0.2, 0.25) is 5.89 Å². The molecule has 16 heavy (non-hydrogen) atoms. The lowest BCUT2D eigenvalue weighted by Crippen LogP contribution is -2.12. The van der Waals surface area contributed by atoms with Gasteiger partial charge in [-0.25, -0.2) is 0 Å². The maximum Gasteiger partial charge on any atom is 0.313 e. The first-order chi connectivity index (χ1) is 7.48. The second-order valence-corrected chi connectivity index (χ2v) is 4.74. The summed E-state index contributed by atoms with van der Waals surface area (Å²) in [5, 5.41) is 7.60. The van der Waals surface area contributed by atoms with Crippen LogP contribution in [0.2, 0.25) is 0 Å². The summed E-state index contributed by atoms with van der Waals surface area (Å²) in [6.07, 6.45) is 0. The van der Waals surface area contributed by atoms with E-state index < -0.39 is 0 Å². The highest BCUT2D eigenvalue weighted by Crippen LogP contribution is 2.32. The number of rotatable bonds is 1. The van der Waals surface area contributed by atoms with Gasteiger partial charge in [0.05, 0.1) is 0 Å². The van der Waals surface area contributed by atoms with Crippen molar-refractivity contribution in [2.45, 2.75) is 26.2 Å². The summed E-state index contributed by atoms with van der Waals surface area (Å²) in [6, 6.07) is 8.08. The average Bonchev–Trinajstić information content (AvgIpc) is 2.64. The van der Waals surface area contributed by atoms with Crippen molar-refractivity contribution in [2.75, 3.05) is 5.73 Å². The van der Waals surface area contributed by atoms with Crippen molar-refractivity contribution >= 4 is 6.01 Å². The molecule has 0 spiro atoms. The molecule has 2 rings (SSSR count). The van der Waals surface area contributed by atoms with Crippen LogP contribution in [0, 0.1) is 0 Å². The van der Waals surface area contributed by atoms with E-state index in [0.717, 1.165) is 5.56 Å². The topological polar surface area (TPSA) is 64.9 Å². The molecule has 4 heteroatoms. The Hall–Kier alpha value is -1.84. The van der Waals surface area contributed by atoms with Gasteiger partial charge >= 0.3 is 6.01 Å². The summed E-state index contributed by atoms with van der Waals surface area (Å²) in [5.74, 6) is 0.475. The molecule has 0 unspecified atom stereocenters. The molecule has 0 amide bonds. The Morgan fingerprint density at radius 1 is 1.12 bits per heavy atom. The third-order valence-electron chi connectivity index (χ3n) is 2.41. The summed E-state index contributed by atoms with van der Waals surface area (Å²) < 4.78 is 5.26. The first-order valence-electron chi connectivity index (χ1n) is 5.17. The van der Waals surface area contributed by atoms with E-state index in [2.05, 4.69) is 37.0 Å². The van der Waals surface area contributed by atoms with Gasteiger partial charge in [-0.05, 0) is 17.0 Å². The van der Waals surface area contributed by atoms with Crippen molar-refractivity contribution in [1.29, 1.82) is 0 Å². The lowest BCUT2D eigenvalue weighted by molar-refractivity contribution is 0.570. The fourth-order valence-corrected chi connectivity index (χ4v) is 1.67. The molecule has 0 bridgehead atoms. The van der Waals surface area contributed by atoms with Crippen molar-refractivity contribution in [1.82, 2.24) is 10.2 Å². The minimum Gasteiger partial charge on any atom is -0.404 e. The van der Waals surface area contributed by atoms with Crippen molar-refractivity contribution < 1.29 is 4.42 Å². The fraction of sp³-hybridized carbons (Fsp3) is 0.333. The van der Waals surface area contributed by atoms with Gasteiger partial charge in [0, 0.05) is 5.56 Å². The maximum absolute atomic E-state index is 5.43. The third-order valence-corrected chi connectivity index (χ3v) is 2.41. The highest BCUT2D eigenvalue weighted by Gasteiger charge is 2.20. The van der Waals surface area contributed by atoms with Gasteiger partial charge in [-0.1, -0.05) is 44.1 Å². The van der Waals surface area contributed by atoms with Crippen LogP contribution >= 0.6 is 0 Å². The minimum absolute atomic E-state index is 0.0276. The molecule has 0 aliphatic rings. The first kappa shape index (κ1) is 10.7. The molecule has 4 nitrogen and oxygen atoms in total. The van der Waals surface area contributed by atoms with Crippen molar-refractivity contribution in [3.63, 3.8) is 0 Å². The summed E-state index contributed by atoms with van der Waals surface area (Å²) >= 11 is 0. The summed E-state index contributed by atoms with van der Waals surface area (Å²) in [7, 11) is 0. The van der Waals surface area contributed by atoms with Gasteiger partial charge < -0.3 is 10.2 Å². The van der Waals surface area contributed by atoms with E-state index in [9.17, 15) is 0 Å². The van der Waals surface area contributed by atoms with E-state index in [1.165, 1.54) is 5.56 Å². The molecule has 0 aliphatic carbocycles. The number of aromatic nitrogens is 2. The Balaban J connectivity index is 2.57. The zero-order valence-corrected chi connectivity index (χ0v) is 9.69. The van der Waals surface area contributed by atoms with Crippen LogP contribution in [0.3, 0.4) is 0 Å². The predicted molar refractivity (Wildman–Crippen MR) is 62.8 cm³/mol. The zero-order valence-electron chi connectivity index (χ0n) is 9.69. The summed E-state index contributed by atoms with van der Waals surface area (Å²) in [4.78, 5) is 0. The maximum atomic E-state index is 5.43. The number of nitrogens with two attached hydrogens (primary N) is 1. The molecule has 0 radical (unpaired) electrons. The SMILES string of the molecule is CC(C)(C)c1ccccc1-c1nnc(N)o1. The Labute approximate surface area is 94.5 Å². The number of benzene rings is 1. The van der Waals surface area contributed by atoms with Crippen molar-refractivity contribution in [2.24, 2.45) is 0 Å². The van der Waals surface area contributed by atoms with E-state index in [1.807, 2.05) is 18.2 Å². The lowest BCUT2D eigenvalue weighted by Gasteiger charge is -2.21. The van der Waals surface area contributed by atoms with Crippen LogP contribution in [0.4, 0.5) is 6.01 Å². The highest BCUT2D eigenvalue weighted by molar-refractivity contribution is 5.60. The average molecular weight is 217 g/mol. The number of hydrogen-bond acceptors (Lipinski definition) is 4. The van der Waals surface area contributed by atoms with Gasteiger partial charge in [-0.2, -0.15) is 0 Å². The largest absolute Gasteiger partial charge is 0.404 e. The first-order valence-corrected chi connectivity index (χ1v) is 5.17. The number of anilines is 1. The molecule has 1 aromatic heterocycles. The monoisotopic (exact) mass is 217 g/mol. The van der Waals surface area contributed by atoms with Crippen LogP contribution < -0.4 is 5.73 Å². The third kappa shape index (κ3) is 1.91. The van der Waals surface area contributed by atoms with E-state index in [1.54, 1.807) is 0 Å². The van der Waals surface area contributed by atoms with Crippen molar-refractivity contribution in [3.8, 4) is 11.5 Å². The van der Waals surface area contributed by atoms with E-state index in [4.69, 9.17) is 10.2 Å². The normalized spacial score (nSPS) is 11.7.